The Morgan fingerprint density at radius 1 is 0.500 bits per heavy atom. The second kappa shape index (κ2) is 35.3. The molecule has 0 unspecified atom stereocenters. The molecule has 0 saturated carbocycles. The molecule has 0 atom stereocenters. The maximum absolute atomic E-state index is 0. The van der Waals surface area contributed by atoms with E-state index in [1.165, 1.54) is 0 Å². The Balaban J connectivity index is 0. The molecule has 0 aromatic rings. The number of rotatable bonds is 0. The molecule has 0 bridgehead atoms. The van der Waals surface area contributed by atoms with E-state index in [1.54, 1.807) is 0 Å². The Labute approximate surface area is 132 Å². The summed E-state index contributed by atoms with van der Waals surface area (Å²) in [6, 6.07) is 0. The first-order chi connectivity index (χ1) is 0. The summed E-state index contributed by atoms with van der Waals surface area (Å²) in [7, 11) is 0. The first-order valence-corrected chi connectivity index (χ1v) is 0. The van der Waals surface area contributed by atoms with Gasteiger partial charge in [-0.15, -0.1) is 0 Å². The van der Waals surface area contributed by atoms with Crippen molar-refractivity contribution in [1.82, 2.24) is 0 Å². The quantitative estimate of drug-likeness (QED) is 0.369. The molecule has 0 saturated heterocycles. The molecule has 0 aromatic carbocycles. The first-order valence-electron chi connectivity index (χ1n) is 0. The molecular formula is H17Al5Sr. The van der Waals surface area contributed by atoms with Gasteiger partial charge in [0.15, 0.2) is 86.8 Å². The van der Waals surface area contributed by atoms with Gasteiger partial charge in [0.1, 0.15) is 0 Å². The minimum absolute atomic E-state index is 0. The van der Waals surface area contributed by atoms with Gasteiger partial charge in [0.05, 0.1) is 0 Å². The van der Waals surface area contributed by atoms with Crippen LogP contribution < -0.4 is 0 Å². The van der Waals surface area contributed by atoms with Crippen molar-refractivity contribution in [3.05, 3.63) is 0 Å². The largest absolute Gasteiger partial charge is 2.00 e. The molecule has 0 aromatic heterocycles. The predicted octanol–water partition coefficient (Wildman–Crippen LogP) is -6.08. The maximum Gasteiger partial charge on any atom is 2.00 e. The Morgan fingerprint density at radius 2 is 0.500 bits per heavy atom. The van der Waals surface area contributed by atoms with Crippen molar-refractivity contribution in [2.24, 2.45) is 0 Å². The van der Waals surface area contributed by atoms with Gasteiger partial charge in [-0.05, 0) is 0 Å². The summed E-state index contributed by atoms with van der Waals surface area (Å²) in [5, 5.41) is 0. The van der Waals surface area contributed by atoms with E-state index in [0.29, 0.717) is 0 Å². The Hall–Kier alpha value is 4.14. The molecule has 0 spiro atoms. The zero-order chi connectivity index (χ0) is 0. The standard InChI is InChI=1S/5Al.Sr.17H/q;;;;;+2;;;;;;;;;;;;;;;;2*-1. The van der Waals surface area contributed by atoms with E-state index in [9.17, 15) is 0 Å². The Bertz CT molecular complexity index is 10.4. The fourth-order valence-corrected chi connectivity index (χ4v) is 0. The van der Waals surface area contributed by atoms with E-state index in [4.69, 9.17) is 0 Å². The summed E-state index contributed by atoms with van der Waals surface area (Å²) in [6.45, 7) is 0. The van der Waals surface area contributed by atoms with Gasteiger partial charge < -0.3 is 2.85 Å². The van der Waals surface area contributed by atoms with Crippen LogP contribution in [0.25, 0.3) is 0 Å². The van der Waals surface area contributed by atoms with Gasteiger partial charge in [-0.25, -0.2) is 0 Å². The topological polar surface area (TPSA) is 0 Å². The van der Waals surface area contributed by atoms with Crippen LogP contribution in [0.2, 0.25) is 0 Å². The summed E-state index contributed by atoms with van der Waals surface area (Å²) in [5.41, 5.74) is 0. The second-order valence-corrected chi connectivity index (χ2v) is 0. The molecule has 6 heavy (non-hydrogen) atoms. The Morgan fingerprint density at radius 3 is 0.500 bits per heavy atom. The third kappa shape index (κ3) is 24.2. The summed E-state index contributed by atoms with van der Waals surface area (Å²) >= 11 is 0. The molecule has 0 fully saturated rings. The fraction of sp³-hybridized carbons (Fsp3) is 0. The average molecular weight is 240 g/mol. The number of hydrogen-bond acceptors (Lipinski definition) is 0. The van der Waals surface area contributed by atoms with Gasteiger partial charge >= 0.3 is 45.5 Å². The van der Waals surface area contributed by atoms with Crippen LogP contribution in [0.5, 0.6) is 0 Å². The molecule has 0 radical (unpaired) electrons. The minimum atomic E-state index is 0. The van der Waals surface area contributed by atoms with E-state index in [1.807, 2.05) is 0 Å². The van der Waals surface area contributed by atoms with Crippen molar-refractivity contribution < 1.29 is 2.85 Å². The second-order valence-electron chi connectivity index (χ2n) is 0. The van der Waals surface area contributed by atoms with Crippen LogP contribution in [0.1, 0.15) is 2.85 Å². The average Bonchev–Trinajstić information content (AvgIpc) is 0. The van der Waals surface area contributed by atoms with Crippen molar-refractivity contribution in [3.63, 3.8) is 0 Å². The van der Waals surface area contributed by atoms with Crippen LogP contribution in [-0.4, -0.2) is 132 Å². The number of hydrogen-bond donors (Lipinski definition) is 0. The molecule has 0 nitrogen and oxygen atoms in total. The molecular weight excluding hydrogens is 223 g/mol. The molecule has 0 aliphatic heterocycles. The van der Waals surface area contributed by atoms with E-state index in [0.717, 1.165) is 0 Å². The van der Waals surface area contributed by atoms with E-state index in [-0.39, 0.29) is 135 Å². The first kappa shape index (κ1) is 49.4. The van der Waals surface area contributed by atoms with Crippen molar-refractivity contribution >= 4 is 132 Å². The summed E-state index contributed by atoms with van der Waals surface area (Å²) in [4.78, 5) is 0. The van der Waals surface area contributed by atoms with Gasteiger partial charge in [-0.3, -0.25) is 0 Å². The molecule has 0 heterocycles. The molecule has 0 rings (SSSR count). The van der Waals surface area contributed by atoms with E-state index < -0.39 is 0 Å². The molecule has 0 amide bonds. The Kier molecular flexibility index (Phi) is 291. The summed E-state index contributed by atoms with van der Waals surface area (Å²) < 4.78 is 0. The normalized spacial score (nSPS) is 0. The van der Waals surface area contributed by atoms with Gasteiger partial charge in [-0.1, -0.05) is 0 Å². The third-order valence-corrected chi connectivity index (χ3v) is 0. The monoisotopic (exact) mass is 240 g/mol. The smallest absolute Gasteiger partial charge is 1.00 e. The van der Waals surface area contributed by atoms with Crippen LogP contribution in [0.15, 0.2) is 0 Å². The van der Waals surface area contributed by atoms with Crippen LogP contribution in [-0.2, 0) is 0 Å². The fourth-order valence-electron chi connectivity index (χ4n) is 0. The maximum atomic E-state index is 0. The molecule has 34 valence electrons. The van der Waals surface area contributed by atoms with Crippen molar-refractivity contribution in [1.29, 1.82) is 0 Å². The predicted molar refractivity (Wildman–Crippen MR) is 57.7 cm³/mol. The third-order valence-electron chi connectivity index (χ3n) is 0. The zero-order valence-corrected chi connectivity index (χ0v) is 4.18. The van der Waals surface area contributed by atoms with Gasteiger partial charge in [0, 0.05) is 0 Å². The van der Waals surface area contributed by atoms with Crippen molar-refractivity contribution in [2.75, 3.05) is 0 Å². The molecule has 6 heteroatoms. The summed E-state index contributed by atoms with van der Waals surface area (Å²) in [5.74, 6) is 0. The SMILES string of the molecule is [AlH3].[AlH3].[AlH3].[AlH3].[AlH3].[H-].[H-].[Sr+2]. The molecule has 0 aliphatic carbocycles. The molecule has 0 N–H and O–H groups in total. The minimum Gasteiger partial charge on any atom is -1.00 e. The van der Waals surface area contributed by atoms with Crippen LogP contribution >= 0.6 is 0 Å². The van der Waals surface area contributed by atoms with Crippen LogP contribution in [0.3, 0.4) is 0 Å². The van der Waals surface area contributed by atoms with Crippen molar-refractivity contribution in [2.45, 2.75) is 0 Å². The van der Waals surface area contributed by atoms with E-state index >= 15 is 0 Å². The van der Waals surface area contributed by atoms with E-state index in [2.05, 4.69) is 0 Å². The van der Waals surface area contributed by atoms with Gasteiger partial charge in [0.2, 0.25) is 0 Å². The van der Waals surface area contributed by atoms with Crippen molar-refractivity contribution in [3.8, 4) is 0 Å². The zero-order valence-electron chi connectivity index (χ0n) is 2.71. The molecule has 0 aliphatic rings. The van der Waals surface area contributed by atoms with Gasteiger partial charge in [0.25, 0.3) is 0 Å². The van der Waals surface area contributed by atoms with Gasteiger partial charge in [-0.2, -0.15) is 0 Å². The van der Waals surface area contributed by atoms with Crippen LogP contribution in [0.4, 0.5) is 0 Å². The summed E-state index contributed by atoms with van der Waals surface area (Å²) in [6.07, 6.45) is 0. The van der Waals surface area contributed by atoms with Crippen LogP contribution in [0, 0.1) is 0 Å².